The van der Waals surface area contributed by atoms with Crippen LogP contribution in [0.3, 0.4) is 0 Å². The van der Waals surface area contributed by atoms with Gasteiger partial charge in [-0.2, -0.15) is 0 Å². The van der Waals surface area contributed by atoms with Gasteiger partial charge in [0.05, 0.1) is 10.0 Å². The predicted octanol–water partition coefficient (Wildman–Crippen LogP) is 4.49. The Morgan fingerprint density at radius 2 is 1.96 bits per heavy atom. The van der Waals surface area contributed by atoms with Gasteiger partial charge in [0.2, 0.25) is 0 Å². The van der Waals surface area contributed by atoms with Crippen LogP contribution in [-0.4, -0.2) is 9.38 Å². The molecule has 0 N–H and O–H groups in total. The molecular weight excluding hydrogens is 408 g/mol. The lowest BCUT2D eigenvalue weighted by Gasteiger charge is -2.03. The Labute approximate surface area is 155 Å². The zero-order valence-electron chi connectivity index (χ0n) is 12.9. The van der Waals surface area contributed by atoms with E-state index in [-0.39, 0.29) is 5.56 Å². The Hall–Kier alpha value is -1.69. The second-order valence-corrected chi connectivity index (χ2v) is 7.94. The molecule has 0 spiro atoms. The number of aromatic nitrogens is 2. The van der Waals surface area contributed by atoms with Crippen LogP contribution >= 0.6 is 38.9 Å². The second kappa shape index (κ2) is 5.69. The number of imidazole rings is 1. The maximum Gasteiger partial charge on any atom is 0.274 e. The summed E-state index contributed by atoms with van der Waals surface area (Å²) in [5, 5.41) is 0.678. The summed E-state index contributed by atoms with van der Waals surface area (Å²) in [5.41, 5.74) is 4.86. The molecule has 0 saturated carbocycles. The first-order valence-corrected chi connectivity index (χ1v) is 9.32. The molecule has 6 heteroatoms. The van der Waals surface area contributed by atoms with Crippen LogP contribution in [-0.2, 0) is 0 Å². The first-order valence-electron chi connectivity index (χ1n) is 7.33. The molecule has 0 saturated heterocycles. The van der Waals surface area contributed by atoms with Crippen molar-refractivity contribution < 1.29 is 0 Å². The number of nitrogens with zero attached hydrogens (tertiary/aromatic N) is 2. The largest absolute Gasteiger partial charge is 0.274 e. The number of fused-ring (bicyclic) bond motifs is 3. The van der Waals surface area contributed by atoms with Crippen LogP contribution in [0.2, 0.25) is 5.02 Å². The third kappa shape index (κ3) is 2.39. The number of halogens is 2. The minimum absolute atomic E-state index is 0.0393. The lowest BCUT2D eigenvalue weighted by atomic mass is 10.1. The summed E-state index contributed by atoms with van der Waals surface area (Å²) in [6.07, 6.45) is 1.87. The van der Waals surface area contributed by atoms with Gasteiger partial charge in [0.25, 0.3) is 5.56 Å². The fourth-order valence-electron chi connectivity index (χ4n) is 2.69. The van der Waals surface area contributed by atoms with E-state index >= 15 is 0 Å². The quantitative estimate of drug-likeness (QED) is 0.455. The van der Waals surface area contributed by atoms with Crippen molar-refractivity contribution in [2.24, 2.45) is 0 Å². The van der Waals surface area contributed by atoms with Gasteiger partial charge in [0.1, 0.15) is 5.52 Å². The van der Waals surface area contributed by atoms with Crippen molar-refractivity contribution in [1.82, 2.24) is 9.38 Å². The van der Waals surface area contributed by atoms with Crippen molar-refractivity contribution in [3.63, 3.8) is 0 Å². The summed E-state index contributed by atoms with van der Waals surface area (Å²) >= 11 is 10.9. The molecule has 0 bridgehead atoms. The molecular formula is C18H12BrClN2OS. The van der Waals surface area contributed by atoms with Gasteiger partial charge in [0.15, 0.2) is 4.96 Å². The smallest absolute Gasteiger partial charge is 0.267 e. The number of aryl methyl sites for hydroxylation is 1. The number of hydrogen-bond acceptors (Lipinski definition) is 3. The second-order valence-electron chi connectivity index (χ2n) is 5.70. The van der Waals surface area contributed by atoms with Crippen LogP contribution in [0.25, 0.3) is 22.1 Å². The van der Waals surface area contributed by atoms with Crippen LogP contribution in [0, 0.1) is 13.8 Å². The minimum atomic E-state index is -0.0393. The van der Waals surface area contributed by atoms with Crippen molar-refractivity contribution in [3.8, 4) is 0 Å². The summed E-state index contributed by atoms with van der Waals surface area (Å²) < 4.78 is 3.31. The van der Waals surface area contributed by atoms with Crippen LogP contribution in [0.4, 0.5) is 0 Å². The summed E-state index contributed by atoms with van der Waals surface area (Å²) in [6, 6.07) is 9.44. The standard InChI is InChI=1S/C18H12BrClN2OS/c1-9-7-13-16(15(19)10(9)2)21-18-22(13)17(23)14(24-18)8-11-3-5-12(20)6-4-11/h3-8H,1-2H3/b14-8+. The Balaban J connectivity index is 2.03. The molecule has 2 aromatic heterocycles. The fraction of sp³-hybridized carbons (Fsp3) is 0.111. The maximum absolute atomic E-state index is 12.8. The Morgan fingerprint density at radius 3 is 2.67 bits per heavy atom. The van der Waals surface area contributed by atoms with E-state index in [4.69, 9.17) is 11.6 Å². The summed E-state index contributed by atoms with van der Waals surface area (Å²) in [6.45, 7) is 4.08. The molecule has 0 radical (unpaired) electrons. The van der Waals surface area contributed by atoms with Crippen molar-refractivity contribution >= 4 is 60.9 Å². The van der Waals surface area contributed by atoms with Gasteiger partial charge in [-0.1, -0.05) is 35.1 Å². The molecule has 4 rings (SSSR count). The van der Waals surface area contributed by atoms with Gasteiger partial charge >= 0.3 is 0 Å². The number of thiazole rings is 1. The Morgan fingerprint density at radius 1 is 1.25 bits per heavy atom. The van der Waals surface area contributed by atoms with Gasteiger partial charge in [-0.25, -0.2) is 9.38 Å². The average Bonchev–Trinajstić information content (AvgIpc) is 3.05. The highest BCUT2D eigenvalue weighted by Gasteiger charge is 2.15. The minimum Gasteiger partial charge on any atom is -0.267 e. The van der Waals surface area contributed by atoms with E-state index in [1.165, 1.54) is 11.3 Å². The number of rotatable bonds is 1. The van der Waals surface area contributed by atoms with Crippen LogP contribution < -0.4 is 10.1 Å². The van der Waals surface area contributed by atoms with Crippen LogP contribution in [0.5, 0.6) is 0 Å². The highest BCUT2D eigenvalue weighted by molar-refractivity contribution is 9.10. The van der Waals surface area contributed by atoms with E-state index in [9.17, 15) is 4.79 Å². The topological polar surface area (TPSA) is 34.4 Å². The Bertz CT molecular complexity index is 1210. The molecule has 0 fully saturated rings. The van der Waals surface area contributed by atoms with Crippen molar-refractivity contribution in [1.29, 1.82) is 0 Å². The molecule has 2 aromatic carbocycles. The lowest BCUT2D eigenvalue weighted by molar-refractivity contribution is 1.18. The summed E-state index contributed by atoms with van der Waals surface area (Å²) in [5.74, 6) is 0. The fourth-order valence-corrected chi connectivity index (χ4v) is 4.40. The van der Waals surface area contributed by atoms with Gasteiger partial charge in [0, 0.05) is 9.50 Å². The highest BCUT2D eigenvalue weighted by Crippen LogP contribution is 2.30. The predicted molar refractivity (Wildman–Crippen MR) is 104 cm³/mol. The molecule has 0 aliphatic heterocycles. The van der Waals surface area contributed by atoms with Crippen molar-refractivity contribution in [3.05, 3.63) is 71.4 Å². The summed E-state index contributed by atoms with van der Waals surface area (Å²) in [7, 11) is 0. The van der Waals surface area contributed by atoms with E-state index in [1.54, 1.807) is 4.40 Å². The molecule has 0 amide bonds. The monoisotopic (exact) mass is 418 g/mol. The van der Waals surface area contributed by atoms with E-state index in [1.807, 2.05) is 50.3 Å². The zero-order valence-corrected chi connectivity index (χ0v) is 16.1. The van der Waals surface area contributed by atoms with E-state index in [2.05, 4.69) is 20.9 Å². The third-order valence-corrected chi connectivity index (χ3v) is 6.34. The Kier molecular flexibility index (Phi) is 3.75. The maximum atomic E-state index is 12.8. The van der Waals surface area contributed by atoms with Gasteiger partial charge < -0.3 is 0 Å². The number of benzene rings is 2. The molecule has 4 aromatic rings. The molecule has 0 atom stereocenters. The lowest BCUT2D eigenvalue weighted by Crippen LogP contribution is -2.22. The van der Waals surface area contributed by atoms with Crippen LogP contribution in [0.15, 0.2) is 39.6 Å². The first-order chi connectivity index (χ1) is 11.5. The molecule has 2 heterocycles. The van der Waals surface area contributed by atoms with Gasteiger partial charge in [-0.15, -0.1) is 0 Å². The normalized spacial score (nSPS) is 12.6. The highest BCUT2D eigenvalue weighted by atomic mass is 79.9. The number of hydrogen-bond donors (Lipinski definition) is 0. The van der Waals surface area contributed by atoms with Gasteiger partial charge in [-0.05, 0) is 70.7 Å². The van der Waals surface area contributed by atoms with E-state index in [0.717, 1.165) is 32.2 Å². The van der Waals surface area contributed by atoms with Crippen molar-refractivity contribution in [2.75, 3.05) is 0 Å². The average molecular weight is 420 g/mol. The van der Waals surface area contributed by atoms with E-state index in [0.29, 0.717) is 14.5 Å². The molecule has 120 valence electrons. The molecule has 0 unspecified atom stereocenters. The molecule has 24 heavy (non-hydrogen) atoms. The first kappa shape index (κ1) is 15.8. The molecule has 3 nitrogen and oxygen atoms in total. The third-order valence-electron chi connectivity index (χ3n) is 4.15. The van der Waals surface area contributed by atoms with E-state index < -0.39 is 0 Å². The zero-order chi connectivity index (χ0) is 17.0. The van der Waals surface area contributed by atoms with Crippen LogP contribution in [0.1, 0.15) is 16.7 Å². The van der Waals surface area contributed by atoms with Gasteiger partial charge in [-0.3, -0.25) is 4.79 Å². The molecule has 0 aliphatic rings. The van der Waals surface area contributed by atoms with Crippen molar-refractivity contribution in [2.45, 2.75) is 13.8 Å². The summed E-state index contributed by atoms with van der Waals surface area (Å²) in [4.78, 5) is 18.2. The SMILES string of the molecule is Cc1cc2c(nc3s/c(=C/c4ccc(Cl)cc4)c(=O)n32)c(Br)c1C. The molecule has 0 aliphatic carbocycles.